The molecule has 1 aliphatic heterocycles. The molecule has 0 saturated carbocycles. The van der Waals surface area contributed by atoms with Crippen LogP contribution in [-0.4, -0.2) is 67.9 Å². The summed E-state index contributed by atoms with van der Waals surface area (Å²) >= 11 is 0. The molecule has 8 nitrogen and oxygen atoms in total. The average Bonchev–Trinajstić information content (AvgIpc) is 2.66. The number of hydrogen-bond acceptors (Lipinski definition) is 5. The summed E-state index contributed by atoms with van der Waals surface area (Å²) in [5.41, 5.74) is -1.70. The average molecular weight is 330 g/mol. The van der Waals surface area contributed by atoms with Gasteiger partial charge in [0.15, 0.2) is 0 Å². The maximum Gasteiger partial charge on any atom is 0.419 e. The van der Waals surface area contributed by atoms with E-state index in [1.165, 1.54) is 0 Å². The van der Waals surface area contributed by atoms with Crippen LogP contribution in [0.4, 0.5) is 9.59 Å². The number of nitrogens with zero attached hydrogens (tertiary/aromatic N) is 2. The zero-order valence-electron chi connectivity index (χ0n) is 14.5. The van der Waals surface area contributed by atoms with Crippen molar-refractivity contribution in [1.82, 2.24) is 9.80 Å². The molecule has 1 saturated heterocycles. The van der Waals surface area contributed by atoms with Crippen LogP contribution in [0.3, 0.4) is 0 Å². The molecule has 1 unspecified atom stereocenters. The number of urea groups is 1. The van der Waals surface area contributed by atoms with Crippen molar-refractivity contribution in [3.05, 3.63) is 0 Å². The number of aliphatic hydroxyl groups excluding tert-OH is 1. The van der Waals surface area contributed by atoms with E-state index in [0.717, 1.165) is 9.80 Å². The summed E-state index contributed by atoms with van der Waals surface area (Å²) < 4.78 is 5.26. The first-order valence-electron chi connectivity index (χ1n) is 7.48. The van der Waals surface area contributed by atoms with E-state index in [9.17, 15) is 24.6 Å². The molecule has 0 spiro atoms. The van der Waals surface area contributed by atoms with Gasteiger partial charge in [-0.25, -0.2) is 19.3 Å². The standard InChI is InChI=1S/C15H26N2O6/c1-14(2,3)17(13(22)23-15(4,5)6)12(21)16-8-9(18)7-10(16)11(19)20/h9-10,18H,7-8H2,1-6H3,(H,19,20)/t9?,10-/m0/s1. The van der Waals surface area contributed by atoms with Crippen molar-refractivity contribution < 1.29 is 29.3 Å². The van der Waals surface area contributed by atoms with Crippen LogP contribution < -0.4 is 0 Å². The van der Waals surface area contributed by atoms with Gasteiger partial charge < -0.3 is 19.8 Å². The normalized spacial score (nSPS) is 22.0. The second-order valence-electron chi connectivity index (χ2n) is 7.67. The van der Waals surface area contributed by atoms with Crippen molar-refractivity contribution in [2.45, 2.75) is 71.2 Å². The van der Waals surface area contributed by atoms with E-state index in [4.69, 9.17) is 4.74 Å². The van der Waals surface area contributed by atoms with Crippen LogP contribution in [0.1, 0.15) is 48.0 Å². The number of imide groups is 1. The molecule has 1 fully saturated rings. The quantitative estimate of drug-likeness (QED) is 0.757. The first kappa shape index (κ1) is 19.2. The lowest BCUT2D eigenvalue weighted by Gasteiger charge is -2.38. The van der Waals surface area contributed by atoms with Gasteiger partial charge in [-0.1, -0.05) is 0 Å². The van der Waals surface area contributed by atoms with Crippen LogP contribution in [0.5, 0.6) is 0 Å². The molecule has 0 aromatic heterocycles. The highest BCUT2D eigenvalue weighted by Crippen LogP contribution is 2.25. The zero-order chi connectivity index (χ0) is 18.2. The van der Waals surface area contributed by atoms with Crippen LogP contribution in [0.25, 0.3) is 0 Å². The van der Waals surface area contributed by atoms with Gasteiger partial charge in [-0.15, -0.1) is 0 Å². The maximum atomic E-state index is 12.8. The molecule has 0 bridgehead atoms. The van der Waals surface area contributed by atoms with Crippen molar-refractivity contribution in [1.29, 1.82) is 0 Å². The third-order valence-electron chi connectivity index (χ3n) is 3.25. The Morgan fingerprint density at radius 1 is 1.13 bits per heavy atom. The third-order valence-corrected chi connectivity index (χ3v) is 3.25. The number of hydrogen-bond donors (Lipinski definition) is 2. The molecule has 1 rings (SSSR count). The summed E-state index contributed by atoms with van der Waals surface area (Å²) in [5, 5.41) is 18.9. The lowest BCUT2D eigenvalue weighted by atomic mass is 10.1. The highest BCUT2D eigenvalue weighted by atomic mass is 16.6. The lowest BCUT2D eigenvalue weighted by molar-refractivity contribution is -0.141. The monoisotopic (exact) mass is 330 g/mol. The summed E-state index contributed by atoms with van der Waals surface area (Å²) in [5.74, 6) is -1.21. The number of ether oxygens (including phenoxy) is 1. The van der Waals surface area contributed by atoms with Gasteiger partial charge >= 0.3 is 18.1 Å². The molecular formula is C15H26N2O6. The van der Waals surface area contributed by atoms with Gasteiger partial charge in [-0.3, -0.25) is 0 Å². The Balaban J connectivity index is 3.10. The molecule has 132 valence electrons. The first-order chi connectivity index (χ1) is 10.2. The fourth-order valence-corrected chi connectivity index (χ4v) is 2.33. The first-order valence-corrected chi connectivity index (χ1v) is 7.48. The molecule has 0 radical (unpaired) electrons. The van der Waals surface area contributed by atoms with E-state index in [-0.39, 0.29) is 13.0 Å². The molecule has 0 aromatic rings. The highest BCUT2D eigenvalue weighted by Gasteiger charge is 2.45. The Labute approximate surface area is 136 Å². The van der Waals surface area contributed by atoms with Gasteiger partial charge in [0.05, 0.1) is 6.10 Å². The number of aliphatic hydroxyl groups is 1. The summed E-state index contributed by atoms with van der Waals surface area (Å²) in [7, 11) is 0. The second-order valence-corrected chi connectivity index (χ2v) is 7.67. The number of likely N-dealkylation sites (tertiary alicyclic amines) is 1. The van der Waals surface area contributed by atoms with Crippen molar-refractivity contribution in [2.75, 3.05) is 6.54 Å². The Morgan fingerprint density at radius 2 is 1.65 bits per heavy atom. The summed E-state index contributed by atoms with van der Waals surface area (Å²) in [4.78, 5) is 38.4. The molecule has 0 aliphatic carbocycles. The topological polar surface area (TPSA) is 107 Å². The van der Waals surface area contributed by atoms with Crippen molar-refractivity contribution in [2.24, 2.45) is 0 Å². The summed E-state index contributed by atoms with van der Waals surface area (Å²) in [6, 6.07) is -1.94. The SMILES string of the molecule is CC(C)(C)OC(=O)N(C(=O)N1CC(O)C[C@H]1C(=O)O)C(C)(C)C. The van der Waals surface area contributed by atoms with Gasteiger partial charge in [0.1, 0.15) is 11.6 Å². The molecule has 1 aliphatic rings. The van der Waals surface area contributed by atoms with E-state index in [0.29, 0.717) is 0 Å². The summed E-state index contributed by atoms with van der Waals surface area (Å²) in [6.07, 6.45) is -1.84. The molecule has 2 N–H and O–H groups in total. The van der Waals surface area contributed by atoms with E-state index < -0.39 is 41.4 Å². The van der Waals surface area contributed by atoms with E-state index in [1.807, 2.05) is 0 Å². The molecule has 3 amide bonds. The van der Waals surface area contributed by atoms with Gasteiger partial charge in [0.2, 0.25) is 0 Å². The third kappa shape index (κ3) is 4.82. The van der Waals surface area contributed by atoms with E-state index in [2.05, 4.69) is 0 Å². The Hall–Kier alpha value is -1.83. The number of carbonyl (C=O) groups is 3. The number of carboxylic acid groups (broad SMARTS) is 1. The number of carbonyl (C=O) groups excluding carboxylic acids is 2. The minimum absolute atomic E-state index is 0.0621. The molecule has 2 atom stereocenters. The smallest absolute Gasteiger partial charge is 0.419 e. The largest absolute Gasteiger partial charge is 0.480 e. The van der Waals surface area contributed by atoms with Crippen molar-refractivity contribution >= 4 is 18.1 Å². The second kappa shape index (κ2) is 6.35. The Morgan fingerprint density at radius 3 is 2.04 bits per heavy atom. The zero-order valence-corrected chi connectivity index (χ0v) is 14.5. The summed E-state index contributed by atoms with van der Waals surface area (Å²) in [6.45, 7) is 9.85. The fourth-order valence-electron chi connectivity index (χ4n) is 2.33. The number of rotatable bonds is 1. The van der Waals surface area contributed by atoms with Crippen LogP contribution in [-0.2, 0) is 9.53 Å². The highest BCUT2D eigenvalue weighted by molar-refractivity contribution is 5.94. The molecular weight excluding hydrogens is 304 g/mol. The Kier molecular flexibility index (Phi) is 5.30. The number of β-amino-alcohol motifs (C(OH)–C–C–N with tert-alkyl or cyclic N) is 1. The molecule has 0 aromatic carbocycles. The van der Waals surface area contributed by atoms with Gasteiger partial charge in [0, 0.05) is 18.5 Å². The number of aliphatic carboxylic acids is 1. The van der Waals surface area contributed by atoms with Crippen LogP contribution in [0, 0.1) is 0 Å². The van der Waals surface area contributed by atoms with Crippen LogP contribution in [0.2, 0.25) is 0 Å². The fraction of sp³-hybridized carbons (Fsp3) is 0.800. The van der Waals surface area contributed by atoms with Crippen molar-refractivity contribution in [3.63, 3.8) is 0 Å². The van der Waals surface area contributed by atoms with Gasteiger partial charge in [0.25, 0.3) is 0 Å². The maximum absolute atomic E-state index is 12.8. The molecule has 8 heteroatoms. The Bertz CT molecular complexity index is 491. The van der Waals surface area contributed by atoms with Crippen LogP contribution in [0.15, 0.2) is 0 Å². The number of carboxylic acids is 1. The predicted molar refractivity (Wildman–Crippen MR) is 82.0 cm³/mol. The van der Waals surface area contributed by atoms with E-state index in [1.54, 1.807) is 41.5 Å². The van der Waals surface area contributed by atoms with Crippen LogP contribution >= 0.6 is 0 Å². The van der Waals surface area contributed by atoms with E-state index >= 15 is 0 Å². The minimum Gasteiger partial charge on any atom is -0.480 e. The van der Waals surface area contributed by atoms with Crippen molar-refractivity contribution in [3.8, 4) is 0 Å². The predicted octanol–water partition coefficient (Wildman–Crippen LogP) is 1.66. The van der Waals surface area contributed by atoms with Gasteiger partial charge in [-0.2, -0.15) is 0 Å². The molecule has 23 heavy (non-hydrogen) atoms. The minimum atomic E-state index is -1.21. The molecule has 1 heterocycles. The lowest BCUT2D eigenvalue weighted by Crippen LogP contribution is -2.57. The van der Waals surface area contributed by atoms with Gasteiger partial charge in [-0.05, 0) is 41.5 Å². The number of amides is 3.